The Kier molecular flexibility index (Phi) is 2.76. The molecule has 2 aliphatic heterocycles. The van der Waals surface area contributed by atoms with Gasteiger partial charge in [0.25, 0.3) is 0 Å². The highest BCUT2D eigenvalue weighted by atomic mass is 16.6. The maximum atomic E-state index is 13.4. The van der Waals surface area contributed by atoms with E-state index in [0.717, 1.165) is 17.6 Å². The summed E-state index contributed by atoms with van der Waals surface area (Å²) in [5, 5.41) is 45.0. The fourth-order valence-electron chi connectivity index (χ4n) is 8.99. The van der Waals surface area contributed by atoms with E-state index in [1.807, 2.05) is 20.8 Å². The minimum Gasteiger partial charge on any atom is -0.390 e. The standard InChI is InChI=1S/C21H28O6/c1-8-9-4-5-11-19-7-27-21(26,20(11)13(9)12(8)16(20)24)17(25)14(19)18(2,3)6-10(22)15(19)23/h9-11,13-15,17,22-23,25-26H,4-7H2,1-3H3. The lowest BCUT2D eigenvalue weighted by molar-refractivity contribution is -0.468. The van der Waals surface area contributed by atoms with Gasteiger partial charge in [-0.05, 0) is 43.4 Å². The fourth-order valence-corrected chi connectivity index (χ4v) is 8.99. The van der Waals surface area contributed by atoms with Crippen LogP contribution in [-0.2, 0) is 9.53 Å². The highest BCUT2D eigenvalue weighted by Gasteiger charge is 2.90. The summed E-state index contributed by atoms with van der Waals surface area (Å²) in [7, 11) is 0. The number of allylic oxidation sites excluding steroid dienone is 2. The van der Waals surface area contributed by atoms with Gasteiger partial charge in [0.1, 0.15) is 11.5 Å². The molecule has 2 bridgehead atoms. The van der Waals surface area contributed by atoms with Gasteiger partial charge >= 0.3 is 0 Å². The molecule has 5 aliphatic carbocycles. The van der Waals surface area contributed by atoms with Crippen molar-refractivity contribution in [1.82, 2.24) is 0 Å². The average molecular weight is 376 g/mol. The smallest absolute Gasteiger partial charge is 0.206 e. The van der Waals surface area contributed by atoms with Crippen LogP contribution in [0.4, 0.5) is 0 Å². The van der Waals surface area contributed by atoms with Gasteiger partial charge in [-0.2, -0.15) is 0 Å². The maximum absolute atomic E-state index is 13.4. The monoisotopic (exact) mass is 376 g/mol. The predicted octanol–water partition coefficient (Wildman–Crippen LogP) is 0.376. The third-order valence-corrected chi connectivity index (χ3v) is 9.69. The number of hydrogen-bond donors (Lipinski definition) is 4. The van der Waals surface area contributed by atoms with Crippen LogP contribution < -0.4 is 0 Å². The van der Waals surface area contributed by atoms with E-state index in [0.29, 0.717) is 12.8 Å². The number of aliphatic hydroxyl groups excluding tert-OH is 3. The van der Waals surface area contributed by atoms with Crippen molar-refractivity contribution in [3.05, 3.63) is 11.1 Å². The first-order valence-electron chi connectivity index (χ1n) is 10.2. The van der Waals surface area contributed by atoms with Gasteiger partial charge in [-0.3, -0.25) is 4.79 Å². The van der Waals surface area contributed by atoms with Crippen molar-refractivity contribution in [2.75, 3.05) is 6.61 Å². The van der Waals surface area contributed by atoms with Gasteiger partial charge < -0.3 is 25.2 Å². The number of carbonyl (C=O) groups is 1. The van der Waals surface area contributed by atoms with E-state index in [1.165, 1.54) is 0 Å². The Balaban J connectivity index is 1.63. The molecule has 2 saturated heterocycles. The van der Waals surface area contributed by atoms with Crippen LogP contribution in [0.3, 0.4) is 0 Å². The number of hydrogen-bond acceptors (Lipinski definition) is 6. The van der Waals surface area contributed by atoms with Crippen molar-refractivity contribution in [1.29, 1.82) is 0 Å². The molecule has 27 heavy (non-hydrogen) atoms. The van der Waals surface area contributed by atoms with E-state index < -0.39 is 46.3 Å². The molecule has 6 nitrogen and oxygen atoms in total. The molecule has 6 heteroatoms. The first-order chi connectivity index (χ1) is 12.6. The number of carbonyl (C=O) groups excluding carboxylic acids is 1. The van der Waals surface area contributed by atoms with Crippen molar-refractivity contribution in [2.24, 2.45) is 39.9 Å². The van der Waals surface area contributed by atoms with Crippen LogP contribution in [0, 0.1) is 39.9 Å². The van der Waals surface area contributed by atoms with E-state index in [4.69, 9.17) is 4.74 Å². The average Bonchev–Trinajstić information content (AvgIpc) is 2.58. The molecule has 0 aromatic heterocycles. The molecular formula is C21H28O6. The molecule has 2 heterocycles. The summed E-state index contributed by atoms with van der Waals surface area (Å²) < 4.78 is 5.91. The molecule has 4 N–H and O–H groups in total. The summed E-state index contributed by atoms with van der Waals surface area (Å²) in [6.45, 7) is 6.01. The molecule has 0 aromatic carbocycles. The van der Waals surface area contributed by atoms with Crippen molar-refractivity contribution in [3.8, 4) is 0 Å². The Hall–Kier alpha value is -0.790. The fraction of sp³-hybridized carbons (Fsp3) is 0.857. The number of ketones is 1. The largest absolute Gasteiger partial charge is 0.390 e. The number of ether oxygens (including phenoxy) is 1. The lowest BCUT2D eigenvalue weighted by Crippen LogP contribution is -2.90. The van der Waals surface area contributed by atoms with Crippen molar-refractivity contribution < 1.29 is 30.0 Å². The van der Waals surface area contributed by atoms with Gasteiger partial charge in [0.15, 0.2) is 5.78 Å². The van der Waals surface area contributed by atoms with Gasteiger partial charge in [0.05, 0.1) is 18.8 Å². The Morgan fingerprint density at radius 1 is 1.11 bits per heavy atom. The summed E-state index contributed by atoms with van der Waals surface area (Å²) in [5.74, 6) is -2.57. The molecule has 2 spiro atoms. The summed E-state index contributed by atoms with van der Waals surface area (Å²) in [6, 6.07) is 0. The molecule has 7 rings (SSSR count). The second kappa shape index (κ2) is 4.36. The summed E-state index contributed by atoms with van der Waals surface area (Å²) >= 11 is 0. The van der Waals surface area contributed by atoms with Crippen LogP contribution in [0.5, 0.6) is 0 Å². The second-order valence-corrected chi connectivity index (χ2v) is 10.7. The zero-order valence-corrected chi connectivity index (χ0v) is 16.0. The minimum atomic E-state index is -1.91. The van der Waals surface area contributed by atoms with E-state index >= 15 is 0 Å². The Labute approximate surface area is 158 Å². The highest BCUT2D eigenvalue weighted by Crippen LogP contribution is 2.82. The number of rotatable bonds is 0. The van der Waals surface area contributed by atoms with Gasteiger partial charge in [0, 0.05) is 22.8 Å². The van der Waals surface area contributed by atoms with Gasteiger partial charge in [-0.1, -0.05) is 19.4 Å². The summed E-state index contributed by atoms with van der Waals surface area (Å²) in [5.41, 5.74) is -0.657. The molecule has 10 atom stereocenters. The SMILES string of the molecule is CC1=C2C(=O)C34C2C1CCC3C12COC4(O)C(O)C1C(C)(C)CC(O)C2O. The van der Waals surface area contributed by atoms with Gasteiger partial charge in [0.2, 0.25) is 5.79 Å². The van der Waals surface area contributed by atoms with E-state index in [9.17, 15) is 25.2 Å². The molecule has 0 radical (unpaired) electrons. The van der Waals surface area contributed by atoms with Gasteiger partial charge in [-0.25, -0.2) is 0 Å². The summed E-state index contributed by atoms with van der Waals surface area (Å²) in [6.07, 6.45) is -1.30. The van der Waals surface area contributed by atoms with E-state index in [2.05, 4.69) is 0 Å². The lowest BCUT2D eigenvalue weighted by atomic mass is 9.25. The van der Waals surface area contributed by atoms with Crippen molar-refractivity contribution >= 4 is 5.78 Å². The highest BCUT2D eigenvalue weighted by molar-refractivity contribution is 6.12. The van der Waals surface area contributed by atoms with Crippen molar-refractivity contribution in [3.63, 3.8) is 0 Å². The zero-order valence-electron chi connectivity index (χ0n) is 16.0. The zero-order chi connectivity index (χ0) is 19.3. The molecular weight excluding hydrogens is 348 g/mol. The Morgan fingerprint density at radius 3 is 2.52 bits per heavy atom. The quantitative estimate of drug-likeness (QED) is 0.487. The molecule has 10 unspecified atom stereocenters. The minimum absolute atomic E-state index is 0.0714. The van der Waals surface area contributed by atoms with E-state index in [-0.39, 0.29) is 30.1 Å². The molecule has 0 aromatic rings. The molecule has 4 saturated carbocycles. The van der Waals surface area contributed by atoms with Gasteiger partial charge in [-0.15, -0.1) is 0 Å². The van der Waals surface area contributed by atoms with Crippen LogP contribution in [0.15, 0.2) is 11.1 Å². The number of Topliss-reactive ketones (excluding diaryl/α,β-unsaturated/α-hetero) is 1. The number of fused-ring (bicyclic) bond motifs is 1. The Bertz CT molecular complexity index is 817. The normalized spacial score (nSPS) is 62.2. The molecule has 0 amide bonds. The maximum Gasteiger partial charge on any atom is 0.206 e. The topological polar surface area (TPSA) is 107 Å². The molecule has 6 fully saturated rings. The number of aliphatic hydroxyl groups is 4. The van der Waals surface area contributed by atoms with Crippen molar-refractivity contribution in [2.45, 2.75) is 64.1 Å². The third-order valence-electron chi connectivity index (χ3n) is 9.69. The van der Waals surface area contributed by atoms with Crippen LogP contribution in [0.1, 0.15) is 40.0 Å². The van der Waals surface area contributed by atoms with Crippen LogP contribution in [0.2, 0.25) is 0 Å². The van der Waals surface area contributed by atoms with E-state index in [1.54, 1.807) is 0 Å². The first kappa shape index (κ1) is 17.1. The third kappa shape index (κ3) is 1.33. The Morgan fingerprint density at radius 2 is 1.81 bits per heavy atom. The summed E-state index contributed by atoms with van der Waals surface area (Å²) in [4.78, 5) is 13.4. The molecule has 148 valence electrons. The predicted molar refractivity (Wildman–Crippen MR) is 93.1 cm³/mol. The van der Waals surface area contributed by atoms with Crippen LogP contribution in [0.25, 0.3) is 0 Å². The lowest BCUT2D eigenvalue weighted by Gasteiger charge is -2.81. The van der Waals surface area contributed by atoms with Crippen LogP contribution in [-0.4, -0.2) is 56.9 Å². The molecule has 7 aliphatic rings. The first-order valence-corrected chi connectivity index (χ1v) is 10.2. The second-order valence-electron chi connectivity index (χ2n) is 10.7. The van der Waals surface area contributed by atoms with Crippen LogP contribution >= 0.6 is 0 Å².